The van der Waals surface area contributed by atoms with Crippen LogP contribution in [0.2, 0.25) is 0 Å². The molecule has 1 aliphatic heterocycles. The van der Waals surface area contributed by atoms with E-state index in [-0.39, 0.29) is 0 Å². The zero-order chi connectivity index (χ0) is 21.9. The normalized spacial score (nSPS) is 14.7. The third kappa shape index (κ3) is 6.43. The van der Waals surface area contributed by atoms with Gasteiger partial charge in [-0.15, -0.1) is 11.3 Å². The summed E-state index contributed by atoms with van der Waals surface area (Å²) in [7, 11) is 0. The maximum absolute atomic E-state index is 9.73. The number of nitrogens with zero attached hydrogens (tertiary/aromatic N) is 6. The number of morpholine rings is 1. The number of para-hydroxylation sites is 1. The minimum absolute atomic E-state index is 0.491. The molecule has 0 aliphatic carbocycles. The van der Waals surface area contributed by atoms with Crippen molar-refractivity contribution in [1.29, 1.82) is 10.5 Å². The Hall–Kier alpha value is -3.11. The van der Waals surface area contributed by atoms with Gasteiger partial charge in [-0.3, -0.25) is 4.90 Å². The zero-order valence-corrected chi connectivity index (χ0v) is 18.3. The lowest BCUT2D eigenvalue weighted by Gasteiger charge is -2.26. The average Bonchev–Trinajstić information content (AvgIpc) is 3.23. The van der Waals surface area contributed by atoms with Crippen molar-refractivity contribution < 1.29 is 4.74 Å². The van der Waals surface area contributed by atoms with Crippen molar-refractivity contribution in [1.82, 2.24) is 19.9 Å². The molecule has 1 N–H and O–H groups in total. The Kier molecular flexibility index (Phi) is 8.68. The molecular formula is C22H25N7OS. The average molecular weight is 436 g/mol. The number of ether oxygens (including phenoxy) is 1. The first-order valence-electron chi connectivity index (χ1n) is 10.2. The van der Waals surface area contributed by atoms with E-state index in [0.29, 0.717) is 11.6 Å². The first-order chi connectivity index (χ1) is 15.2. The van der Waals surface area contributed by atoms with Gasteiger partial charge in [0.25, 0.3) is 0 Å². The number of aromatic nitrogens is 3. The van der Waals surface area contributed by atoms with Crippen LogP contribution in [-0.2, 0) is 4.74 Å². The standard InChI is InChI=1S/C20H22N6OS.C2H3N/c21-14-15(19-24-17-4-1-2-5-18(17)28-19)16-6-8-23-20(25-16)22-7-3-9-26-10-12-27-13-11-26;1-2-3/h1-2,4-6,8,15H,3,7,9-13H2,(H,22,23,25);1H3. The largest absolute Gasteiger partial charge is 0.379 e. The third-order valence-electron chi connectivity index (χ3n) is 4.70. The highest BCUT2D eigenvalue weighted by molar-refractivity contribution is 7.18. The van der Waals surface area contributed by atoms with Crippen LogP contribution in [0.15, 0.2) is 36.5 Å². The second kappa shape index (κ2) is 11.9. The maximum Gasteiger partial charge on any atom is 0.222 e. The molecule has 0 bridgehead atoms. The molecule has 8 nitrogen and oxygen atoms in total. The highest BCUT2D eigenvalue weighted by Crippen LogP contribution is 2.30. The van der Waals surface area contributed by atoms with Crippen LogP contribution in [-0.4, -0.2) is 59.2 Å². The summed E-state index contributed by atoms with van der Waals surface area (Å²) >= 11 is 1.54. The molecule has 0 saturated carbocycles. The second-order valence-corrected chi connectivity index (χ2v) is 7.91. The van der Waals surface area contributed by atoms with Gasteiger partial charge in [0.05, 0.1) is 41.3 Å². The molecular weight excluding hydrogens is 410 g/mol. The van der Waals surface area contributed by atoms with E-state index in [0.717, 1.165) is 61.0 Å². The minimum Gasteiger partial charge on any atom is -0.379 e. The van der Waals surface area contributed by atoms with Crippen molar-refractivity contribution >= 4 is 27.5 Å². The molecule has 1 atom stereocenters. The van der Waals surface area contributed by atoms with E-state index < -0.39 is 5.92 Å². The lowest BCUT2D eigenvalue weighted by Crippen LogP contribution is -2.37. The minimum atomic E-state index is -0.491. The quantitative estimate of drug-likeness (QED) is 0.562. The van der Waals surface area contributed by atoms with Crippen LogP contribution in [0.25, 0.3) is 10.2 Å². The molecule has 2 aromatic heterocycles. The van der Waals surface area contributed by atoms with E-state index in [1.165, 1.54) is 18.3 Å². The van der Waals surface area contributed by atoms with E-state index in [2.05, 4.69) is 31.2 Å². The topological polar surface area (TPSA) is 111 Å². The van der Waals surface area contributed by atoms with Gasteiger partial charge in [-0.1, -0.05) is 12.1 Å². The number of hydrogen-bond donors (Lipinski definition) is 1. The highest BCUT2D eigenvalue weighted by atomic mass is 32.1. The summed E-state index contributed by atoms with van der Waals surface area (Å²) in [5.41, 5.74) is 1.59. The lowest BCUT2D eigenvalue weighted by molar-refractivity contribution is 0.0378. The Labute approximate surface area is 186 Å². The van der Waals surface area contributed by atoms with Crippen LogP contribution in [0.5, 0.6) is 0 Å². The van der Waals surface area contributed by atoms with Crippen LogP contribution in [0.4, 0.5) is 5.95 Å². The van der Waals surface area contributed by atoms with Crippen molar-refractivity contribution in [3.63, 3.8) is 0 Å². The van der Waals surface area contributed by atoms with Crippen LogP contribution in [0, 0.1) is 22.7 Å². The summed E-state index contributed by atoms with van der Waals surface area (Å²) in [6, 6.07) is 13.8. The number of rotatable bonds is 7. The predicted molar refractivity (Wildman–Crippen MR) is 121 cm³/mol. The monoisotopic (exact) mass is 435 g/mol. The number of fused-ring (bicyclic) bond motifs is 1. The molecule has 160 valence electrons. The van der Waals surface area contributed by atoms with Crippen molar-refractivity contribution in [2.24, 2.45) is 0 Å². The van der Waals surface area contributed by atoms with Crippen molar-refractivity contribution in [2.75, 3.05) is 44.7 Å². The van der Waals surface area contributed by atoms with Crippen LogP contribution in [0.3, 0.4) is 0 Å². The number of anilines is 1. The van der Waals surface area contributed by atoms with E-state index >= 15 is 0 Å². The highest BCUT2D eigenvalue weighted by Gasteiger charge is 2.20. The predicted octanol–water partition coefficient (Wildman–Crippen LogP) is 3.41. The van der Waals surface area contributed by atoms with Gasteiger partial charge >= 0.3 is 0 Å². The first-order valence-corrected chi connectivity index (χ1v) is 11.0. The second-order valence-electron chi connectivity index (χ2n) is 6.85. The lowest BCUT2D eigenvalue weighted by atomic mass is 10.1. The Bertz CT molecular complexity index is 1020. The molecule has 1 aliphatic rings. The van der Waals surface area contributed by atoms with Crippen molar-refractivity contribution in [3.05, 3.63) is 47.2 Å². The van der Waals surface area contributed by atoms with Gasteiger partial charge in [0, 0.05) is 32.8 Å². The molecule has 31 heavy (non-hydrogen) atoms. The van der Waals surface area contributed by atoms with E-state index in [1.54, 1.807) is 18.3 Å². The van der Waals surface area contributed by atoms with E-state index in [4.69, 9.17) is 10.00 Å². The SMILES string of the molecule is CC#N.N#CC(c1ccnc(NCCCN2CCOCC2)n1)c1nc2ccccc2s1. The molecule has 4 rings (SSSR count). The molecule has 0 spiro atoms. The van der Waals surface area contributed by atoms with Crippen LogP contribution in [0.1, 0.15) is 30.0 Å². The van der Waals surface area contributed by atoms with E-state index in [9.17, 15) is 5.26 Å². The Balaban J connectivity index is 0.000000858. The Morgan fingerprint density at radius 1 is 1.19 bits per heavy atom. The summed E-state index contributed by atoms with van der Waals surface area (Å²) in [6.07, 6.45) is 2.71. The van der Waals surface area contributed by atoms with Gasteiger partial charge in [-0.05, 0) is 31.2 Å². The van der Waals surface area contributed by atoms with Gasteiger partial charge in [-0.25, -0.2) is 15.0 Å². The number of nitriles is 2. The Morgan fingerprint density at radius 2 is 1.97 bits per heavy atom. The molecule has 1 fully saturated rings. The van der Waals surface area contributed by atoms with Gasteiger partial charge in [0.2, 0.25) is 5.95 Å². The molecule has 0 radical (unpaired) electrons. The summed E-state index contributed by atoms with van der Waals surface area (Å²) < 4.78 is 6.45. The third-order valence-corrected chi connectivity index (χ3v) is 5.80. The molecule has 3 heterocycles. The van der Waals surface area contributed by atoms with Gasteiger partial charge in [0.15, 0.2) is 0 Å². The number of thiazole rings is 1. The van der Waals surface area contributed by atoms with E-state index in [1.807, 2.05) is 24.3 Å². The maximum atomic E-state index is 9.73. The van der Waals surface area contributed by atoms with Crippen molar-refractivity contribution in [2.45, 2.75) is 19.3 Å². The number of nitrogens with one attached hydrogen (secondary N) is 1. The fourth-order valence-electron chi connectivity index (χ4n) is 3.21. The molecule has 1 unspecified atom stereocenters. The fourth-order valence-corrected chi connectivity index (χ4v) is 4.23. The summed E-state index contributed by atoms with van der Waals surface area (Å²) in [5, 5.41) is 21.1. The summed E-state index contributed by atoms with van der Waals surface area (Å²) in [4.78, 5) is 15.9. The summed E-state index contributed by atoms with van der Waals surface area (Å²) in [5.74, 6) is 0.0649. The van der Waals surface area contributed by atoms with Gasteiger partial charge < -0.3 is 10.1 Å². The van der Waals surface area contributed by atoms with Gasteiger partial charge in [0.1, 0.15) is 10.9 Å². The van der Waals surface area contributed by atoms with Crippen molar-refractivity contribution in [3.8, 4) is 12.1 Å². The number of hydrogen-bond acceptors (Lipinski definition) is 9. The zero-order valence-electron chi connectivity index (χ0n) is 17.5. The molecule has 1 saturated heterocycles. The fraction of sp³-hybridized carbons (Fsp3) is 0.409. The smallest absolute Gasteiger partial charge is 0.222 e. The summed E-state index contributed by atoms with van der Waals surface area (Å²) in [6.45, 7) is 6.89. The molecule has 3 aromatic rings. The van der Waals surface area contributed by atoms with Gasteiger partial charge in [-0.2, -0.15) is 10.5 Å². The first kappa shape index (κ1) is 22.6. The molecule has 1 aromatic carbocycles. The Morgan fingerprint density at radius 3 is 2.71 bits per heavy atom. The number of benzene rings is 1. The molecule has 0 amide bonds. The van der Waals surface area contributed by atoms with Crippen LogP contribution >= 0.6 is 11.3 Å². The molecule has 9 heteroatoms. The van der Waals surface area contributed by atoms with Crippen LogP contribution < -0.4 is 5.32 Å².